The Morgan fingerprint density at radius 1 is 1.53 bits per heavy atom. The standard InChI is InChI=1S/C12H19NOS/c1-10(12-3-2-8-15-12)14-9-11-4-6-13-7-5-11/h2-3,8,10-11,13H,4-7,9H2,1H3/t10-/m0/s1. The van der Waals surface area contributed by atoms with Crippen LogP contribution in [0.3, 0.4) is 0 Å². The summed E-state index contributed by atoms with van der Waals surface area (Å²) in [5.74, 6) is 0.758. The maximum Gasteiger partial charge on any atom is 0.0888 e. The molecule has 0 amide bonds. The third-order valence-electron chi connectivity index (χ3n) is 2.98. The molecule has 15 heavy (non-hydrogen) atoms. The van der Waals surface area contributed by atoms with Gasteiger partial charge >= 0.3 is 0 Å². The highest BCUT2D eigenvalue weighted by molar-refractivity contribution is 7.10. The molecule has 0 aromatic carbocycles. The average Bonchev–Trinajstić information content (AvgIpc) is 2.81. The molecule has 84 valence electrons. The predicted molar refractivity (Wildman–Crippen MR) is 64.3 cm³/mol. The minimum atomic E-state index is 0.264. The minimum absolute atomic E-state index is 0.264. The molecule has 1 N–H and O–H groups in total. The first kappa shape index (κ1) is 11.1. The van der Waals surface area contributed by atoms with Crippen LogP contribution in [0.5, 0.6) is 0 Å². The quantitative estimate of drug-likeness (QED) is 0.851. The number of hydrogen-bond acceptors (Lipinski definition) is 3. The zero-order chi connectivity index (χ0) is 10.5. The third-order valence-corrected chi connectivity index (χ3v) is 4.02. The molecular formula is C12H19NOS. The SMILES string of the molecule is C[C@H](OCC1CCNCC1)c1cccs1. The first-order chi connectivity index (χ1) is 7.36. The number of piperidine rings is 1. The van der Waals surface area contributed by atoms with Gasteiger partial charge in [-0.15, -0.1) is 11.3 Å². The fourth-order valence-corrected chi connectivity index (χ4v) is 2.66. The molecule has 2 heterocycles. The summed E-state index contributed by atoms with van der Waals surface area (Å²) in [6.07, 6.45) is 2.79. The van der Waals surface area contributed by atoms with Gasteiger partial charge in [0.15, 0.2) is 0 Å². The summed E-state index contributed by atoms with van der Waals surface area (Å²) in [5.41, 5.74) is 0. The van der Waals surface area contributed by atoms with E-state index in [2.05, 4.69) is 29.8 Å². The van der Waals surface area contributed by atoms with Crippen LogP contribution in [0.4, 0.5) is 0 Å². The number of ether oxygens (including phenoxy) is 1. The van der Waals surface area contributed by atoms with E-state index in [1.807, 2.05) is 0 Å². The van der Waals surface area contributed by atoms with E-state index in [-0.39, 0.29) is 6.10 Å². The molecule has 1 aliphatic heterocycles. The van der Waals surface area contributed by atoms with Gasteiger partial charge in [-0.1, -0.05) is 6.07 Å². The van der Waals surface area contributed by atoms with Crippen molar-refractivity contribution in [1.82, 2.24) is 5.32 Å². The van der Waals surface area contributed by atoms with Gasteiger partial charge in [-0.2, -0.15) is 0 Å². The number of hydrogen-bond donors (Lipinski definition) is 1. The van der Waals surface area contributed by atoms with Crippen LogP contribution in [-0.2, 0) is 4.74 Å². The summed E-state index contributed by atoms with van der Waals surface area (Å²) in [7, 11) is 0. The van der Waals surface area contributed by atoms with Crippen LogP contribution in [0.2, 0.25) is 0 Å². The van der Waals surface area contributed by atoms with E-state index in [9.17, 15) is 0 Å². The summed E-state index contributed by atoms with van der Waals surface area (Å²) in [6.45, 7) is 5.37. The van der Waals surface area contributed by atoms with E-state index in [0.29, 0.717) is 0 Å². The van der Waals surface area contributed by atoms with E-state index >= 15 is 0 Å². The molecule has 1 aromatic rings. The second-order valence-corrected chi connectivity index (χ2v) is 5.16. The van der Waals surface area contributed by atoms with Gasteiger partial charge in [0.2, 0.25) is 0 Å². The first-order valence-electron chi connectivity index (χ1n) is 5.72. The van der Waals surface area contributed by atoms with Crippen molar-refractivity contribution in [2.24, 2.45) is 5.92 Å². The van der Waals surface area contributed by atoms with Crippen LogP contribution in [0, 0.1) is 5.92 Å². The van der Waals surface area contributed by atoms with E-state index in [1.54, 1.807) is 11.3 Å². The number of rotatable bonds is 4. The summed E-state index contributed by atoms with van der Waals surface area (Å²) in [4.78, 5) is 1.34. The second-order valence-electron chi connectivity index (χ2n) is 4.18. The molecule has 0 unspecified atom stereocenters. The molecule has 0 radical (unpaired) electrons. The topological polar surface area (TPSA) is 21.3 Å². The lowest BCUT2D eigenvalue weighted by Crippen LogP contribution is -2.30. The molecule has 1 aromatic heterocycles. The van der Waals surface area contributed by atoms with Gasteiger partial charge in [0.1, 0.15) is 0 Å². The van der Waals surface area contributed by atoms with E-state index in [1.165, 1.54) is 17.7 Å². The Morgan fingerprint density at radius 2 is 2.33 bits per heavy atom. The normalized spacial score (nSPS) is 20.3. The van der Waals surface area contributed by atoms with Crippen LogP contribution in [-0.4, -0.2) is 19.7 Å². The average molecular weight is 225 g/mol. The molecule has 1 atom stereocenters. The molecule has 1 aliphatic rings. The lowest BCUT2D eigenvalue weighted by Gasteiger charge is -2.23. The summed E-state index contributed by atoms with van der Waals surface area (Å²) in [6, 6.07) is 4.24. The first-order valence-corrected chi connectivity index (χ1v) is 6.60. The number of nitrogens with one attached hydrogen (secondary N) is 1. The highest BCUT2D eigenvalue weighted by atomic mass is 32.1. The zero-order valence-electron chi connectivity index (χ0n) is 9.24. The number of thiophene rings is 1. The van der Waals surface area contributed by atoms with Crippen LogP contribution >= 0.6 is 11.3 Å². The van der Waals surface area contributed by atoms with Crippen molar-refractivity contribution in [2.75, 3.05) is 19.7 Å². The van der Waals surface area contributed by atoms with Crippen molar-refractivity contribution >= 4 is 11.3 Å². The highest BCUT2D eigenvalue weighted by Gasteiger charge is 2.15. The Bertz CT molecular complexity index is 267. The van der Waals surface area contributed by atoms with E-state index in [0.717, 1.165) is 25.6 Å². The summed E-state index contributed by atoms with van der Waals surface area (Å²) in [5, 5.41) is 5.49. The van der Waals surface area contributed by atoms with Crippen molar-refractivity contribution in [2.45, 2.75) is 25.9 Å². The molecule has 3 heteroatoms. The molecule has 0 bridgehead atoms. The van der Waals surface area contributed by atoms with Crippen molar-refractivity contribution < 1.29 is 4.74 Å². The monoisotopic (exact) mass is 225 g/mol. The Labute approximate surface area is 95.6 Å². The summed E-state index contributed by atoms with van der Waals surface area (Å²) >= 11 is 1.78. The Kier molecular flexibility index (Phi) is 4.18. The maximum atomic E-state index is 5.91. The minimum Gasteiger partial charge on any atom is -0.373 e. The van der Waals surface area contributed by atoms with Gasteiger partial charge in [-0.05, 0) is 50.2 Å². The maximum absolute atomic E-state index is 5.91. The molecule has 1 fully saturated rings. The fourth-order valence-electron chi connectivity index (χ4n) is 1.93. The lowest BCUT2D eigenvalue weighted by atomic mass is 9.99. The zero-order valence-corrected chi connectivity index (χ0v) is 10.1. The molecule has 0 saturated carbocycles. The largest absolute Gasteiger partial charge is 0.373 e. The Balaban J connectivity index is 1.73. The van der Waals surface area contributed by atoms with Gasteiger partial charge in [-0.25, -0.2) is 0 Å². The van der Waals surface area contributed by atoms with Crippen LogP contribution in [0.25, 0.3) is 0 Å². The smallest absolute Gasteiger partial charge is 0.0888 e. The van der Waals surface area contributed by atoms with Crippen molar-refractivity contribution in [3.8, 4) is 0 Å². The van der Waals surface area contributed by atoms with E-state index in [4.69, 9.17) is 4.74 Å². The van der Waals surface area contributed by atoms with Crippen molar-refractivity contribution in [3.63, 3.8) is 0 Å². The van der Waals surface area contributed by atoms with Crippen LogP contribution in [0.1, 0.15) is 30.7 Å². The molecule has 2 rings (SSSR count). The Hall–Kier alpha value is -0.380. The van der Waals surface area contributed by atoms with Crippen LogP contribution < -0.4 is 5.32 Å². The van der Waals surface area contributed by atoms with Crippen molar-refractivity contribution in [3.05, 3.63) is 22.4 Å². The van der Waals surface area contributed by atoms with Crippen LogP contribution in [0.15, 0.2) is 17.5 Å². The predicted octanol–water partition coefficient (Wildman–Crippen LogP) is 2.83. The van der Waals surface area contributed by atoms with Gasteiger partial charge in [0, 0.05) is 4.88 Å². The molecule has 1 saturated heterocycles. The van der Waals surface area contributed by atoms with Gasteiger partial charge in [0.05, 0.1) is 12.7 Å². The van der Waals surface area contributed by atoms with Crippen molar-refractivity contribution in [1.29, 1.82) is 0 Å². The molecule has 0 aliphatic carbocycles. The van der Waals surface area contributed by atoms with Gasteiger partial charge < -0.3 is 10.1 Å². The molecule has 0 spiro atoms. The highest BCUT2D eigenvalue weighted by Crippen LogP contribution is 2.23. The Morgan fingerprint density at radius 3 is 3.00 bits per heavy atom. The second kappa shape index (κ2) is 5.64. The molecule has 2 nitrogen and oxygen atoms in total. The van der Waals surface area contributed by atoms with Gasteiger partial charge in [-0.3, -0.25) is 0 Å². The lowest BCUT2D eigenvalue weighted by molar-refractivity contribution is 0.0339. The van der Waals surface area contributed by atoms with E-state index < -0.39 is 0 Å². The summed E-state index contributed by atoms with van der Waals surface area (Å²) < 4.78 is 5.91. The third kappa shape index (κ3) is 3.30. The fraction of sp³-hybridized carbons (Fsp3) is 0.667. The van der Waals surface area contributed by atoms with Gasteiger partial charge in [0.25, 0.3) is 0 Å². The molecular weight excluding hydrogens is 206 g/mol.